The molecule has 0 spiro atoms. The van der Waals surface area contributed by atoms with Crippen LogP contribution in [0.4, 0.5) is 0 Å². The second-order valence-electron chi connectivity index (χ2n) is 7.72. The van der Waals surface area contributed by atoms with Gasteiger partial charge in [-0.1, -0.05) is 96.3 Å². The molecule has 0 aliphatic rings. The molecular weight excluding hydrogens is 411 g/mol. The van der Waals surface area contributed by atoms with Gasteiger partial charge in [0.05, 0.1) is 13.2 Å². The lowest BCUT2D eigenvalue weighted by molar-refractivity contribution is -0.141. The summed E-state index contributed by atoms with van der Waals surface area (Å²) < 4.78 is 9.89. The van der Waals surface area contributed by atoms with Crippen molar-refractivity contribution in [2.24, 2.45) is 0 Å². The average molecular weight is 453 g/mol. The summed E-state index contributed by atoms with van der Waals surface area (Å²) in [6.45, 7) is 1.02. The first kappa shape index (κ1) is 28.5. The Morgan fingerprint density at radius 3 is 0.828 bits per heavy atom. The number of rotatable bonds is 22. The van der Waals surface area contributed by atoms with Gasteiger partial charge in [-0.15, -0.1) is 23.2 Å². The van der Waals surface area contributed by atoms with Crippen molar-refractivity contribution in [3.63, 3.8) is 0 Å². The van der Waals surface area contributed by atoms with E-state index in [9.17, 15) is 9.59 Å². The van der Waals surface area contributed by atoms with Crippen molar-refractivity contribution in [3.8, 4) is 0 Å². The maximum absolute atomic E-state index is 10.9. The van der Waals surface area contributed by atoms with Crippen LogP contribution in [0.5, 0.6) is 0 Å². The summed E-state index contributed by atoms with van der Waals surface area (Å²) in [5.41, 5.74) is 0. The molecular formula is C23H42Cl2O4. The van der Waals surface area contributed by atoms with Crippen LogP contribution in [0.2, 0.25) is 0 Å². The predicted molar refractivity (Wildman–Crippen MR) is 122 cm³/mol. The molecule has 0 N–H and O–H groups in total. The van der Waals surface area contributed by atoms with Crippen molar-refractivity contribution in [3.05, 3.63) is 0 Å². The van der Waals surface area contributed by atoms with Crippen molar-refractivity contribution in [2.45, 2.75) is 109 Å². The Morgan fingerprint density at radius 1 is 0.414 bits per heavy atom. The lowest BCUT2D eigenvalue weighted by Gasteiger charge is -2.05. The zero-order chi connectivity index (χ0) is 21.4. The van der Waals surface area contributed by atoms with E-state index in [-0.39, 0.29) is 23.7 Å². The Bertz CT molecular complexity index is 344. The molecule has 172 valence electrons. The van der Waals surface area contributed by atoms with Crippen molar-refractivity contribution in [1.29, 1.82) is 0 Å². The molecule has 0 atom stereocenters. The number of carbonyl (C=O) groups excluding carboxylic acids is 2. The fraction of sp³-hybridized carbons (Fsp3) is 0.913. The Kier molecular flexibility index (Phi) is 23.4. The Balaban J connectivity index is 3.05. The molecule has 0 saturated carbocycles. The van der Waals surface area contributed by atoms with Crippen molar-refractivity contribution >= 4 is 35.1 Å². The van der Waals surface area contributed by atoms with Crippen LogP contribution < -0.4 is 0 Å². The zero-order valence-electron chi connectivity index (χ0n) is 18.2. The molecule has 6 heteroatoms. The first-order valence-electron chi connectivity index (χ1n) is 11.6. The van der Waals surface area contributed by atoms with E-state index in [4.69, 9.17) is 32.7 Å². The second-order valence-corrected chi connectivity index (χ2v) is 8.25. The van der Waals surface area contributed by atoms with Crippen LogP contribution in [0.1, 0.15) is 109 Å². The van der Waals surface area contributed by atoms with Crippen LogP contribution in [-0.4, -0.2) is 36.9 Å². The molecule has 0 unspecified atom stereocenters. The van der Waals surface area contributed by atoms with Crippen LogP contribution in [0, 0.1) is 0 Å². The number of esters is 2. The van der Waals surface area contributed by atoms with Gasteiger partial charge >= 0.3 is 11.9 Å². The summed E-state index contributed by atoms with van der Waals surface area (Å²) in [6, 6.07) is 0. The third-order valence-electron chi connectivity index (χ3n) is 5.03. The standard InChI is InChI=1S/C23H42Cl2O4/c24-20-22(26)28-18-16-14-12-10-8-6-4-2-1-3-5-7-9-11-13-15-17-19-29-23(27)21-25/h1-21H2. The quantitative estimate of drug-likeness (QED) is 0.0990. The summed E-state index contributed by atoms with van der Waals surface area (Å²) in [4.78, 5) is 21.7. The minimum Gasteiger partial charge on any atom is -0.465 e. The van der Waals surface area contributed by atoms with Crippen LogP contribution in [0.3, 0.4) is 0 Å². The van der Waals surface area contributed by atoms with E-state index in [0.717, 1.165) is 25.7 Å². The van der Waals surface area contributed by atoms with E-state index in [1.54, 1.807) is 0 Å². The molecule has 0 rings (SSSR count). The lowest BCUT2D eigenvalue weighted by atomic mass is 10.0. The smallest absolute Gasteiger partial charge is 0.320 e. The van der Waals surface area contributed by atoms with Crippen molar-refractivity contribution in [1.82, 2.24) is 0 Å². The summed E-state index contributed by atoms with van der Waals surface area (Å²) in [7, 11) is 0. The number of carbonyl (C=O) groups is 2. The molecule has 0 amide bonds. The van der Waals surface area contributed by atoms with E-state index in [2.05, 4.69) is 0 Å². The minimum atomic E-state index is -0.314. The third-order valence-corrected chi connectivity index (χ3v) is 5.47. The number of hydrogen-bond donors (Lipinski definition) is 0. The second kappa shape index (κ2) is 23.8. The van der Waals surface area contributed by atoms with Gasteiger partial charge in [-0.2, -0.15) is 0 Å². The van der Waals surface area contributed by atoms with E-state index < -0.39 is 0 Å². The fourth-order valence-corrected chi connectivity index (χ4v) is 3.46. The zero-order valence-corrected chi connectivity index (χ0v) is 19.8. The summed E-state index contributed by atoms with van der Waals surface area (Å²) in [6.07, 6.45) is 21.4. The van der Waals surface area contributed by atoms with Crippen LogP contribution in [-0.2, 0) is 19.1 Å². The number of unbranched alkanes of at least 4 members (excludes halogenated alkanes) is 16. The van der Waals surface area contributed by atoms with Crippen LogP contribution in [0.15, 0.2) is 0 Å². The van der Waals surface area contributed by atoms with Gasteiger partial charge in [0.2, 0.25) is 0 Å². The number of halogens is 2. The Hall–Kier alpha value is -0.480. The average Bonchev–Trinajstić information content (AvgIpc) is 2.74. The van der Waals surface area contributed by atoms with Crippen LogP contribution >= 0.6 is 23.2 Å². The molecule has 0 aliphatic heterocycles. The van der Waals surface area contributed by atoms with Gasteiger partial charge in [-0.05, 0) is 12.8 Å². The van der Waals surface area contributed by atoms with E-state index >= 15 is 0 Å². The highest BCUT2D eigenvalue weighted by Crippen LogP contribution is 2.14. The highest BCUT2D eigenvalue weighted by Gasteiger charge is 2.00. The summed E-state index contributed by atoms with van der Waals surface area (Å²) in [5, 5.41) is 0. The Labute approximate surface area is 188 Å². The van der Waals surface area contributed by atoms with Gasteiger partial charge in [0.1, 0.15) is 11.8 Å². The Morgan fingerprint density at radius 2 is 0.621 bits per heavy atom. The van der Waals surface area contributed by atoms with Gasteiger partial charge in [-0.25, -0.2) is 0 Å². The first-order chi connectivity index (χ1) is 14.2. The number of alkyl halides is 2. The molecule has 0 radical (unpaired) electrons. The van der Waals surface area contributed by atoms with Gasteiger partial charge < -0.3 is 9.47 Å². The van der Waals surface area contributed by atoms with Gasteiger partial charge in [0.25, 0.3) is 0 Å². The molecule has 0 saturated heterocycles. The van der Waals surface area contributed by atoms with E-state index in [0.29, 0.717) is 13.2 Å². The summed E-state index contributed by atoms with van der Waals surface area (Å²) in [5.74, 6) is -0.716. The normalized spacial score (nSPS) is 10.8. The lowest BCUT2D eigenvalue weighted by Crippen LogP contribution is -2.06. The fourth-order valence-electron chi connectivity index (χ4n) is 3.30. The molecule has 29 heavy (non-hydrogen) atoms. The maximum Gasteiger partial charge on any atom is 0.320 e. The van der Waals surface area contributed by atoms with Crippen molar-refractivity contribution < 1.29 is 19.1 Å². The number of ether oxygens (including phenoxy) is 2. The topological polar surface area (TPSA) is 52.6 Å². The maximum atomic E-state index is 10.9. The van der Waals surface area contributed by atoms with Gasteiger partial charge in [0.15, 0.2) is 0 Å². The van der Waals surface area contributed by atoms with Gasteiger partial charge in [0, 0.05) is 0 Å². The van der Waals surface area contributed by atoms with Crippen LogP contribution in [0.25, 0.3) is 0 Å². The van der Waals surface area contributed by atoms with Crippen molar-refractivity contribution in [2.75, 3.05) is 25.0 Å². The van der Waals surface area contributed by atoms with E-state index in [1.165, 1.54) is 83.5 Å². The number of hydrogen-bond acceptors (Lipinski definition) is 4. The largest absolute Gasteiger partial charge is 0.465 e. The van der Waals surface area contributed by atoms with Gasteiger partial charge in [-0.3, -0.25) is 9.59 Å². The molecule has 0 aromatic rings. The SMILES string of the molecule is O=C(CCl)OCCCCCCCCCCCCCCCCCCCOC(=O)CCl. The molecule has 0 heterocycles. The minimum absolute atomic E-state index is 0.0445. The molecule has 0 bridgehead atoms. The molecule has 0 aromatic carbocycles. The third kappa shape index (κ3) is 23.7. The molecule has 4 nitrogen and oxygen atoms in total. The highest BCUT2D eigenvalue weighted by molar-refractivity contribution is 6.26. The monoisotopic (exact) mass is 452 g/mol. The molecule has 0 aliphatic carbocycles. The summed E-state index contributed by atoms with van der Waals surface area (Å²) >= 11 is 10.7. The molecule has 0 aromatic heterocycles. The highest BCUT2D eigenvalue weighted by atomic mass is 35.5. The predicted octanol–water partition coefficient (Wildman–Crippen LogP) is 7.18. The molecule has 0 fully saturated rings. The van der Waals surface area contributed by atoms with E-state index in [1.807, 2.05) is 0 Å². The first-order valence-corrected chi connectivity index (χ1v) is 12.7.